The minimum absolute atomic E-state index is 0.305. The van der Waals surface area contributed by atoms with Gasteiger partial charge in [-0.2, -0.15) is 4.98 Å². The van der Waals surface area contributed by atoms with Gasteiger partial charge in [0.25, 0.3) is 5.89 Å². The lowest BCUT2D eigenvalue weighted by molar-refractivity contribution is 0.411. The molecule has 0 spiro atoms. The van der Waals surface area contributed by atoms with Gasteiger partial charge < -0.3 is 4.52 Å². The summed E-state index contributed by atoms with van der Waals surface area (Å²) in [4.78, 5) is 4.22. The van der Waals surface area contributed by atoms with Crippen molar-refractivity contribution < 1.29 is 8.91 Å². The Morgan fingerprint density at radius 1 is 1.00 bits per heavy atom. The maximum atomic E-state index is 12.9. The second-order valence-corrected chi connectivity index (χ2v) is 4.73. The van der Waals surface area contributed by atoms with Crippen LogP contribution in [0.15, 0.2) is 53.1 Å². The largest absolute Gasteiger partial charge is 0.334 e. The van der Waals surface area contributed by atoms with Gasteiger partial charge in [0.2, 0.25) is 5.82 Å². The minimum atomic E-state index is -0.305. The first-order valence-corrected chi connectivity index (χ1v) is 6.62. The van der Waals surface area contributed by atoms with Gasteiger partial charge in [-0.3, -0.25) is 0 Å². The van der Waals surface area contributed by atoms with Crippen LogP contribution >= 0.6 is 11.6 Å². The third-order valence-electron chi connectivity index (χ3n) is 2.85. The zero-order valence-electron chi connectivity index (χ0n) is 10.8. The van der Waals surface area contributed by atoms with Crippen LogP contribution in [-0.4, -0.2) is 10.1 Å². The Hall–Kier alpha value is -2.46. The third kappa shape index (κ3) is 3.17. The summed E-state index contributed by atoms with van der Waals surface area (Å²) < 4.78 is 18.0. The predicted octanol–water partition coefficient (Wildman–Crippen LogP) is 4.70. The van der Waals surface area contributed by atoms with Crippen molar-refractivity contribution in [2.24, 2.45) is 0 Å². The molecule has 0 N–H and O–H groups in total. The SMILES string of the molecule is Fc1ccc(-c2noc(/C=C/c3ccccc3Cl)n2)cc1. The smallest absolute Gasteiger partial charge is 0.250 e. The Labute approximate surface area is 125 Å². The second-order valence-electron chi connectivity index (χ2n) is 4.32. The van der Waals surface area contributed by atoms with E-state index in [-0.39, 0.29) is 5.82 Å². The van der Waals surface area contributed by atoms with E-state index in [0.29, 0.717) is 22.3 Å². The van der Waals surface area contributed by atoms with Crippen molar-refractivity contribution in [2.75, 3.05) is 0 Å². The highest BCUT2D eigenvalue weighted by Crippen LogP contribution is 2.19. The summed E-state index contributed by atoms with van der Waals surface area (Å²) in [5.41, 5.74) is 1.55. The summed E-state index contributed by atoms with van der Waals surface area (Å²) >= 11 is 6.05. The minimum Gasteiger partial charge on any atom is -0.334 e. The number of hydrogen-bond donors (Lipinski definition) is 0. The van der Waals surface area contributed by atoms with E-state index in [1.54, 1.807) is 30.4 Å². The molecule has 3 nitrogen and oxygen atoms in total. The molecule has 3 rings (SSSR count). The number of halogens is 2. The Morgan fingerprint density at radius 2 is 1.76 bits per heavy atom. The van der Waals surface area contributed by atoms with E-state index in [0.717, 1.165) is 5.56 Å². The van der Waals surface area contributed by atoms with Crippen molar-refractivity contribution in [3.05, 3.63) is 70.8 Å². The van der Waals surface area contributed by atoms with Crippen molar-refractivity contribution in [1.29, 1.82) is 0 Å². The molecule has 0 radical (unpaired) electrons. The molecule has 1 aromatic heterocycles. The van der Waals surface area contributed by atoms with E-state index in [4.69, 9.17) is 16.1 Å². The molecule has 0 saturated heterocycles. The van der Waals surface area contributed by atoms with E-state index in [2.05, 4.69) is 10.1 Å². The van der Waals surface area contributed by atoms with Crippen LogP contribution in [-0.2, 0) is 0 Å². The van der Waals surface area contributed by atoms with Crippen molar-refractivity contribution in [3.8, 4) is 11.4 Å². The quantitative estimate of drug-likeness (QED) is 0.704. The van der Waals surface area contributed by atoms with Crippen LogP contribution in [0, 0.1) is 5.82 Å². The van der Waals surface area contributed by atoms with E-state index in [9.17, 15) is 4.39 Å². The van der Waals surface area contributed by atoms with Gasteiger partial charge in [0.05, 0.1) is 0 Å². The highest BCUT2D eigenvalue weighted by Gasteiger charge is 2.06. The molecule has 0 bridgehead atoms. The molecule has 0 atom stereocenters. The number of benzene rings is 2. The topological polar surface area (TPSA) is 38.9 Å². The van der Waals surface area contributed by atoms with E-state index >= 15 is 0 Å². The van der Waals surface area contributed by atoms with E-state index in [1.165, 1.54) is 12.1 Å². The molecule has 0 fully saturated rings. The normalized spacial score (nSPS) is 11.1. The summed E-state index contributed by atoms with van der Waals surface area (Å²) in [6.07, 6.45) is 3.48. The zero-order chi connectivity index (χ0) is 14.7. The predicted molar refractivity (Wildman–Crippen MR) is 80.1 cm³/mol. The molecule has 0 aliphatic carbocycles. The Bertz CT molecular complexity index is 781. The van der Waals surface area contributed by atoms with Gasteiger partial charge in [-0.15, -0.1) is 0 Å². The molecular formula is C16H10ClFN2O. The van der Waals surface area contributed by atoms with Crippen LogP contribution < -0.4 is 0 Å². The molecule has 21 heavy (non-hydrogen) atoms. The fourth-order valence-electron chi connectivity index (χ4n) is 1.79. The summed E-state index contributed by atoms with van der Waals surface area (Å²) in [5.74, 6) is 0.462. The Kier molecular flexibility index (Phi) is 3.79. The molecule has 0 amide bonds. The lowest BCUT2D eigenvalue weighted by atomic mass is 10.2. The van der Waals surface area contributed by atoms with Crippen molar-refractivity contribution >= 4 is 23.8 Å². The monoisotopic (exact) mass is 300 g/mol. The van der Waals surface area contributed by atoms with Gasteiger partial charge in [-0.1, -0.05) is 35.0 Å². The summed E-state index contributed by atoms with van der Waals surface area (Å²) in [6, 6.07) is 13.3. The molecule has 0 aliphatic rings. The first kappa shape index (κ1) is 13.5. The molecule has 0 aliphatic heterocycles. The van der Waals surface area contributed by atoms with Crippen molar-refractivity contribution in [3.63, 3.8) is 0 Å². The van der Waals surface area contributed by atoms with Crippen LogP contribution in [0.2, 0.25) is 5.02 Å². The van der Waals surface area contributed by atoms with Gasteiger partial charge >= 0.3 is 0 Å². The van der Waals surface area contributed by atoms with Gasteiger partial charge in [-0.25, -0.2) is 4.39 Å². The standard InChI is InChI=1S/C16H10ClFN2O/c17-14-4-2-1-3-11(14)7-10-15-19-16(20-21-15)12-5-8-13(18)9-6-12/h1-10H/b10-7+. The number of hydrogen-bond acceptors (Lipinski definition) is 3. The lowest BCUT2D eigenvalue weighted by Gasteiger charge is -1.94. The lowest BCUT2D eigenvalue weighted by Crippen LogP contribution is -1.81. The van der Waals surface area contributed by atoms with E-state index in [1.807, 2.05) is 18.2 Å². The highest BCUT2D eigenvalue weighted by molar-refractivity contribution is 6.32. The fraction of sp³-hybridized carbons (Fsp3) is 0. The van der Waals surface area contributed by atoms with Crippen molar-refractivity contribution in [2.45, 2.75) is 0 Å². The number of rotatable bonds is 3. The van der Waals surface area contributed by atoms with Gasteiger partial charge in [0, 0.05) is 16.7 Å². The van der Waals surface area contributed by atoms with Gasteiger partial charge in [0.15, 0.2) is 0 Å². The van der Waals surface area contributed by atoms with Crippen molar-refractivity contribution in [1.82, 2.24) is 10.1 Å². The maximum Gasteiger partial charge on any atom is 0.250 e. The molecule has 0 saturated carbocycles. The summed E-state index contributed by atoms with van der Waals surface area (Å²) in [7, 11) is 0. The van der Waals surface area contributed by atoms with Gasteiger partial charge in [-0.05, 0) is 42.0 Å². The van der Waals surface area contributed by atoms with Crippen LogP contribution in [0.5, 0.6) is 0 Å². The molecule has 1 heterocycles. The zero-order valence-corrected chi connectivity index (χ0v) is 11.6. The Balaban J connectivity index is 1.82. The molecule has 3 aromatic rings. The first-order valence-electron chi connectivity index (χ1n) is 6.24. The third-order valence-corrected chi connectivity index (χ3v) is 3.20. The van der Waals surface area contributed by atoms with Gasteiger partial charge in [0.1, 0.15) is 5.82 Å². The van der Waals surface area contributed by atoms with E-state index < -0.39 is 0 Å². The van der Waals surface area contributed by atoms with Crippen LogP contribution in [0.1, 0.15) is 11.5 Å². The average Bonchev–Trinajstić information content (AvgIpc) is 2.96. The highest BCUT2D eigenvalue weighted by atomic mass is 35.5. The molecule has 0 unspecified atom stereocenters. The first-order chi connectivity index (χ1) is 10.2. The Morgan fingerprint density at radius 3 is 2.52 bits per heavy atom. The van der Waals surface area contributed by atoms with Crippen LogP contribution in [0.4, 0.5) is 4.39 Å². The molecule has 5 heteroatoms. The fourth-order valence-corrected chi connectivity index (χ4v) is 1.99. The second kappa shape index (κ2) is 5.89. The summed E-state index contributed by atoms with van der Waals surface area (Å²) in [5, 5.41) is 4.50. The number of aromatic nitrogens is 2. The average molecular weight is 301 g/mol. The molecular weight excluding hydrogens is 291 g/mol. The maximum absolute atomic E-state index is 12.9. The summed E-state index contributed by atoms with van der Waals surface area (Å²) in [6.45, 7) is 0. The van der Waals surface area contributed by atoms with Crippen LogP contribution in [0.3, 0.4) is 0 Å². The number of nitrogens with zero attached hydrogens (tertiary/aromatic N) is 2. The molecule has 104 valence electrons. The van der Waals surface area contributed by atoms with Crippen LogP contribution in [0.25, 0.3) is 23.5 Å². The molecule has 2 aromatic carbocycles.